The van der Waals surface area contributed by atoms with Crippen LogP contribution in [0.5, 0.6) is 0 Å². The fourth-order valence-corrected chi connectivity index (χ4v) is 3.89. The van der Waals surface area contributed by atoms with Crippen molar-refractivity contribution < 1.29 is 19.1 Å². The first-order chi connectivity index (χ1) is 14.0. The van der Waals surface area contributed by atoms with Gasteiger partial charge < -0.3 is 10.0 Å². The fourth-order valence-electron chi connectivity index (χ4n) is 3.89. The van der Waals surface area contributed by atoms with E-state index in [0.29, 0.717) is 38.2 Å². The normalized spacial score (nSPS) is 17.9. The third kappa shape index (κ3) is 5.41. The van der Waals surface area contributed by atoms with E-state index in [-0.39, 0.29) is 24.2 Å². The zero-order valence-electron chi connectivity index (χ0n) is 16.7. The molecule has 3 rings (SSSR count). The molecule has 6 heteroatoms. The van der Waals surface area contributed by atoms with Crippen molar-refractivity contribution in [3.8, 4) is 11.1 Å². The summed E-state index contributed by atoms with van der Waals surface area (Å²) >= 11 is 0. The van der Waals surface area contributed by atoms with Gasteiger partial charge in [-0.2, -0.15) is 0 Å². The van der Waals surface area contributed by atoms with E-state index in [0.717, 1.165) is 17.5 Å². The van der Waals surface area contributed by atoms with Crippen LogP contribution in [0.2, 0.25) is 0 Å². The number of amides is 1. The minimum absolute atomic E-state index is 0.0596. The smallest absolute Gasteiger partial charge is 0.317 e. The predicted molar refractivity (Wildman–Crippen MR) is 110 cm³/mol. The number of carboxylic acid groups (broad SMARTS) is 1. The molecule has 154 valence electrons. The molecule has 1 unspecified atom stereocenters. The number of halogens is 1. The minimum Gasteiger partial charge on any atom is -0.480 e. The maximum atomic E-state index is 14.0. The number of nitrogens with zero attached hydrogens (tertiary/aromatic N) is 2. The highest BCUT2D eigenvalue weighted by atomic mass is 19.1. The van der Waals surface area contributed by atoms with Gasteiger partial charge in [0.1, 0.15) is 5.82 Å². The molecule has 0 radical (unpaired) electrons. The van der Waals surface area contributed by atoms with Crippen LogP contribution in [0.4, 0.5) is 4.39 Å². The van der Waals surface area contributed by atoms with Crippen molar-refractivity contribution in [1.29, 1.82) is 0 Å². The molecule has 1 fully saturated rings. The molecule has 0 spiro atoms. The molecule has 5 nitrogen and oxygen atoms in total. The molecule has 1 amide bonds. The molecule has 0 aromatic heterocycles. The second-order valence-corrected chi connectivity index (χ2v) is 7.53. The number of hydrogen-bond donors (Lipinski definition) is 1. The lowest BCUT2D eigenvalue weighted by molar-refractivity contribution is -0.139. The van der Waals surface area contributed by atoms with Crippen LogP contribution in [0.3, 0.4) is 0 Å². The van der Waals surface area contributed by atoms with Crippen LogP contribution in [0.15, 0.2) is 48.5 Å². The van der Waals surface area contributed by atoms with Gasteiger partial charge in [0, 0.05) is 31.7 Å². The number of carbonyl (C=O) groups is 2. The summed E-state index contributed by atoms with van der Waals surface area (Å²) in [6, 6.07) is 14.2. The summed E-state index contributed by atoms with van der Waals surface area (Å²) in [4.78, 5) is 27.9. The Bertz CT molecular complexity index is 853. The van der Waals surface area contributed by atoms with E-state index in [2.05, 4.69) is 0 Å². The Labute approximate surface area is 170 Å². The van der Waals surface area contributed by atoms with Crippen molar-refractivity contribution in [2.75, 3.05) is 32.7 Å². The van der Waals surface area contributed by atoms with Crippen molar-refractivity contribution in [3.63, 3.8) is 0 Å². The summed E-state index contributed by atoms with van der Waals surface area (Å²) in [6.07, 6.45) is 1.40. The van der Waals surface area contributed by atoms with Crippen molar-refractivity contribution >= 4 is 11.9 Å². The van der Waals surface area contributed by atoms with Gasteiger partial charge >= 0.3 is 5.97 Å². The number of rotatable bonds is 7. The van der Waals surface area contributed by atoms with E-state index in [4.69, 9.17) is 5.11 Å². The number of aliphatic carboxylic acids is 1. The second kappa shape index (κ2) is 9.65. The van der Waals surface area contributed by atoms with Gasteiger partial charge in [-0.25, -0.2) is 4.39 Å². The van der Waals surface area contributed by atoms with Gasteiger partial charge in [-0.05, 0) is 30.0 Å². The van der Waals surface area contributed by atoms with Gasteiger partial charge in [-0.3, -0.25) is 14.5 Å². The molecular formula is C23H27FN2O3. The van der Waals surface area contributed by atoms with E-state index >= 15 is 0 Å². The Kier molecular flexibility index (Phi) is 6.99. The van der Waals surface area contributed by atoms with Crippen LogP contribution in [0.25, 0.3) is 11.1 Å². The Hall–Kier alpha value is -2.73. The molecule has 0 aliphatic carbocycles. The highest BCUT2D eigenvalue weighted by Gasteiger charge is 2.30. The average Bonchev–Trinajstić information content (AvgIpc) is 2.83. The lowest BCUT2D eigenvalue weighted by Gasteiger charge is -2.23. The standard InChI is InChI=1S/C23H27FN2O3/c1-2-11-26-13-12-25(16-22(27)28)15-19(23(26)29)14-17-7-9-18(10-8-17)20-5-3-4-6-21(20)24/h3-10,19H,2,11-16H2,1H3,(H,27,28). The Morgan fingerprint density at radius 1 is 1.14 bits per heavy atom. The molecule has 2 aromatic carbocycles. The predicted octanol–water partition coefficient (Wildman–Crippen LogP) is 3.29. The molecule has 0 saturated carbocycles. The number of carbonyl (C=O) groups excluding carboxylic acids is 1. The van der Waals surface area contributed by atoms with Gasteiger partial charge in [0.2, 0.25) is 5.91 Å². The molecule has 1 saturated heterocycles. The van der Waals surface area contributed by atoms with E-state index < -0.39 is 5.97 Å². The molecule has 1 heterocycles. The molecule has 1 aliphatic heterocycles. The zero-order chi connectivity index (χ0) is 20.8. The lowest BCUT2D eigenvalue weighted by atomic mass is 9.95. The summed E-state index contributed by atoms with van der Waals surface area (Å²) in [5, 5.41) is 9.16. The molecule has 1 aliphatic rings. The summed E-state index contributed by atoms with van der Waals surface area (Å²) in [5.41, 5.74) is 2.32. The molecule has 0 bridgehead atoms. The maximum Gasteiger partial charge on any atom is 0.317 e. The number of hydrogen-bond acceptors (Lipinski definition) is 3. The molecular weight excluding hydrogens is 371 g/mol. The van der Waals surface area contributed by atoms with Crippen LogP contribution in [-0.4, -0.2) is 59.5 Å². The van der Waals surface area contributed by atoms with Crippen molar-refractivity contribution in [2.45, 2.75) is 19.8 Å². The first-order valence-electron chi connectivity index (χ1n) is 10.0. The fraction of sp³-hybridized carbons (Fsp3) is 0.391. The summed E-state index contributed by atoms with van der Waals surface area (Å²) in [7, 11) is 0. The Morgan fingerprint density at radius 3 is 2.52 bits per heavy atom. The van der Waals surface area contributed by atoms with Crippen LogP contribution >= 0.6 is 0 Å². The first-order valence-corrected chi connectivity index (χ1v) is 10.0. The van der Waals surface area contributed by atoms with Gasteiger partial charge in [-0.1, -0.05) is 49.4 Å². The van der Waals surface area contributed by atoms with E-state index in [1.807, 2.05) is 41.0 Å². The Morgan fingerprint density at radius 2 is 1.86 bits per heavy atom. The molecule has 1 N–H and O–H groups in total. The number of carboxylic acids is 1. The van der Waals surface area contributed by atoms with Gasteiger partial charge in [-0.15, -0.1) is 0 Å². The van der Waals surface area contributed by atoms with Gasteiger partial charge in [0.25, 0.3) is 0 Å². The SMILES string of the molecule is CCCN1CCN(CC(=O)O)CC(Cc2ccc(-c3ccccc3F)cc2)C1=O. The minimum atomic E-state index is -0.880. The zero-order valence-corrected chi connectivity index (χ0v) is 16.7. The average molecular weight is 398 g/mol. The summed E-state index contributed by atoms with van der Waals surface area (Å²) in [5.74, 6) is -1.35. The van der Waals surface area contributed by atoms with Crippen LogP contribution in [-0.2, 0) is 16.0 Å². The highest BCUT2D eigenvalue weighted by Crippen LogP contribution is 2.24. The molecule has 1 atom stereocenters. The van der Waals surface area contributed by atoms with Gasteiger partial charge in [0.05, 0.1) is 12.5 Å². The van der Waals surface area contributed by atoms with Crippen LogP contribution < -0.4 is 0 Å². The monoisotopic (exact) mass is 398 g/mol. The third-order valence-corrected chi connectivity index (χ3v) is 5.30. The Balaban J connectivity index is 1.77. The van der Waals surface area contributed by atoms with E-state index in [1.54, 1.807) is 18.2 Å². The van der Waals surface area contributed by atoms with Crippen LogP contribution in [0, 0.1) is 11.7 Å². The summed E-state index contributed by atoms with van der Waals surface area (Å²) < 4.78 is 14.0. The topological polar surface area (TPSA) is 60.9 Å². The first kappa shape index (κ1) is 21.0. The number of benzene rings is 2. The van der Waals surface area contributed by atoms with Gasteiger partial charge in [0.15, 0.2) is 0 Å². The molecule has 29 heavy (non-hydrogen) atoms. The maximum absolute atomic E-state index is 14.0. The van der Waals surface area contributed by atoms with Crippen molar-refractivity contribution in [2.24, 2.45) is 5.92 Å². The largest absolute Gasteiger partial charge is 0.480 e. The second-order valence-electron chi connectivity index (χ2n) is 7.53. The quantitative estimate of drug-likeness (QED) is 0.778. The van der Waals surface area contributed by atoms with Crippen LogP contribution in [0.1, 0.15) is 18.9 Å². The lowest BCUT2D eigenvalue weighted by Crippen LogP contribution is -2.38. The van der Waals surface area contributed by atoms with Crippen molar-refractivity contribution in [1.82, 2.24) is 9.80 Å². The van der Waals surface area contributed by atoms with E-state index in [1.165, 1.54) is 6.07 Å². The van der Waals surface area contributed by atoms with E-state index in [9.17, 15) is 14.0 Å². The summed E-state index contributed by atoms with van der Waals surface area (Å²) in [6.45, 7) is 4.21. The highest BCUT2D eigenvalue weighted by molar-refractivity contribution is 5.80. The third-order valence-electron chi connectivity index (χ3n) is 5.30. The van der Waals surface area contributed by atoms with Crippen molar-refractivity contribution in [3.05, 3.63) is 59.9 Å². The molecule has 2 aromatic rings.